The molecule has 8 heteroatoms. The van der Waals surface area contributed by atoms with E-state index in [2.05, 4.69) is 10.3 Å². The summed E-state index contributed by atoms with van der Waals surface area (Å²) in [6.45, 7) is 2.77. The van der Waals surface area contributed by atoms with Gasteiger partial charge in [0.2, 0.25) is 11.6 Å². The predicted octanol–water partition coefficient (Wildman–Crippen LogP) is 1.34. The van der Waals surface area contributed by atoms with Gasteiger partial charge >= 0.3 is 5.82 Å². The van der Waals surface area contributed by atoms with Crippen LogP contribution < -0.4 is 11.1 Å². The molecule has 0 bridgehead atoms. The largest absolute Gasteiger partial charge is 0.406 e. The SMILES string of the molecule is Cc1nc([N+](=O)[O-])c(NCCOC2CCC(N)CC2)n1C. The van der Waals surface area contributed by atoms with Crippen LogP contribution in [0.15, 0.2) is 0 Å². The van der Waals surface area contributed by atoms with Crippen LogP contribution in [0.3, 0.4) is 0 Å². The lowest BCUT2D eigenvalue weighted by Crippen LogP contribution is -2.31. The fourth-order valence-electron chi connectivity index (χ4n) is 2.57. The molecule has 3 N–H and O–H groups in total. The molecule has 0 atom stereocenters. The van der Waals surface area contributed by atoms with Crippen LogP contribution in [-0.2, 0) is 11.8 Å². The first-order chi connectivity index (χ1) is 9.99. The zero-order valence-corrected chi connectivity index (χ0v) is 12.5. The molecule has 0 aliphatic heterocycles. The molecule has 2 rings (SSSR count). The molecule has 8 nitrogen and oxygen atoms in total. The minimum Gasteiger partial charge on any atom is -0.376 e. The summed E-state index contributed by atoms with van der Waals surface area (Å²) in [4.78, 5) is 14.4. The van der Waals surface area contributed by atoms with Crippen LogP contribution in [0.5, 0.6) is 0 Å². The number of nitrogens with zero attached hydrogens (tertiary/aromatic N) is 3. The van der Waals surface area contributed by atoms with E-state index in [0.717, 1.165) is 25.7 Å². The molecule has 0 spiro atoms. The zero-order valence-electron chi connectivity index (χ0n) is 12.5. The van der Waals surface area contributed by atoms with E-state index in [0.29, 0.717) is 30.8 Å². The van der Waals surface area contributed by atoms with Gasteiger partial charge in [0.15, 0.2) is 0 Å². The van der Waals surface area contributed by atoms with Crippen molar-refractivity contribution in [1.82, 2.24) is 9.55 Å². The Hall–Kier alpha value is -1.67. The van der Waals surface area contributed by atoms with Crippen LogP contribution in [0.2, 0.25) is 0 Å². The number of nitrogens with one attached hydrogen (secondary N) is 1. The van der Waals surface area contributed by atoms with Gasteiger partial charge in [-0.1, -0.05) is 0 Å². The normalized spacial score (nSPS) is 22.2. The van der Waals surface area contributed by atoms with E-state index in [9.17, 15) is 10.1 Å². The molecule has 1 aromatic heterocycles. The average molecular weight is 297 g/mol. The standard InChI is InChI=1S/C13H23N5O3/c1-9-16-13(18(19)20)12(17(9)2)15-7-8-21-11-5-3-10(14)4-6-11/h10-11,15H,3-8,14H2,1-2H3. The van der Waals surface area contributed by atoms with Gasteiger partial charge < -0.3 is 25.9 Å². The zero-order chi connectivity index (χ0) is 15.4. The quantitative estimate of drug-likeness (QED) is 0.466. The van der Waals surface area contributed by atoms with Gasteiger partial charge in [0, 0.05) is 26.6 Å². The highest BCUT2D eigenvalue weighted by Crippen LogP contribution is 2.23. The van der Waals surface area contributed by atoms with E-state index in [-0.39, 0.29) is 11.9 Å². The molecule has 118 valence electrons. The first kappa shape index (κ1) is 15.7. The molecule has 1 fully saturated rings. The van der Waals surface area contributed by atoms with Crippen molar-refractivity contribution in [3.8, 4) is 0 Å². The molecule has 1 aromatic rings. The van der Waals surface area contributed by atoms with E-state index >= 15 is 0 Å². The summed E-state index contributed by atoms with van der Waals surface area (Å²) in [6, 6.07) is 0.308. The maximum Gasteiger partial charge on any atom is 0.406 e. The lowest BCUT2D eigenvalue weighted by molar-refractivity contribution is -0.388. The highest BCUT2D eigenvalue weighted by atomic mass is 16.6. The molecule has 0 saturated heterocycles. The monoisotopic (exact) mass is 297 g/mol. The van der Waals surface area contributed by atoms with Gasteiger partial charge in [-0.25, -0.2) is 0 Å². The van der Waals surface area contributed by atoms with E-state index in [1.54, 1.807) is 18.5 Å². The molecule has 1 saturated carbocycles. The van der Waals surface area contributed by atoms with Gasteiger partial charge in [-0.05, 0) is 35.6 Å². The van der Waals surface area contributed by atoms with E-state index in [1.165, 1.54) is 0 Å². The third-order valence-electron chi connectivity index (χ3n) is 3.94. The number of aromatic nitrogens is 2. The van der Waals surface area contributed by atoms with Crippen LogP contribution >= 0.6 is 0 Å². The van der Waals surface area contributed by atoms with Crippen LogP contribution in [-0.4, -0.2) is 39.8 Å². The smallest absolute Gasteiger partial charge is 0.376 e. The minimum atomic E-state index is -0.473. The Morgan fingerprint density at radius 2 is 2.14 bits per heavy atom. The summed E-state index contributed by atoms with van der Waals surface area (Å²) in [5.74, 6) is 0.886. The van der Waals surface area contributed by atoms with Gasteiger partial charge in [0.1, 0.15) is 0 Å². The number of nitro groups is 1. The second-order valence-corrected chi connectivity index (χ2v) is 5.48. The highest BCUT2D eigenvalue weighted by molar-refractivity contribution is 5.53. The Morgan fingerprint density at radius 1 is 1.48 bits per heavy atom. The number of hydrogen-bond donors (Lipinski definition) is 2. The van der Waals surface area contributed by atoms with Crippen molar-refractivity contribution in [2.75, 3.05) is 18.5 Å². The summed E-state index contributed by atoms with van der Waals surface area (Å²) in [7, 11) is 1.75. The topological polar surface area (TPSA) is 108 Å². The fraction of sp³-hybridized carbons (Fsp3) is 0.769. The molecule has 1 aliphatic carbocycles. The summed E-state index contributed by atoms with van der Waals surface area (Å²) in [5.41, 5.74) is 5.85. The Bertz CT molecular complexity index is 494. The maximum atomic E-state index is 10.9. The number of hydrogen-bond acceptors (Lipinski definition) is 6. The van der Waals surface area contributed by atoms with Crippen molar-refractivity contribution in [2.45, 2.75) is 44.8 Å². The third kappa shape index (κ3) is 3.92. The van der Waals surface area contributed by atoms with Crippen molar-refractivity contribution in [2.24, 2.45) is 12.8 Å². The molecule has 1 aliphatic rings. The molecule has 0 aromatic carbocycles. The summed E-state index contributed by atoms with van der Waals surface area (Å²) in [5, 5.41) is 14.0. The molecule has 1 heterocycles. The second kappa shape index (κ2) is 6.86. The Kier molecular flexibility index (Phi) is 5.13. The lowest BCUT2D eigenvalue weighted by Gasteiger charge is -2.26. The van der Waals surface area contributed by atoms with Crippen molar-refractivity contribution >= 4 is 11.6 Å². The van der Waals surface area contributed by atoms with Crippen molar-refractivity contribution in [3.63, 3.8) is 0 Å². The molecule has 0 amide bonds. The number of ether oxygens (including phenoxy) is 1. The van der Waals surface area contributed by atoms with Crippen molar-refractivity contribution < 1.29 is 9.66 Å². The molecular formula is C13H23N5O3. The Morgan fingerprint density at radius 3 is 2.76 bits per heavy atom. The van der Waals surface area contributed by atoms with Crippen molar-refractivity contribution in [3.05, 3.63) is 15.9 Å². The predicted molar refractivity (Wildman–Crippen MR) is 79.3 cm³/mol. The number of imidazole rings is 1. The maximum absolute atomic E-state index is 10.9. The van der Waals surface area contributed by atoms with Gasteiger partial charge in [-0.3, -0.25) is 4.57 Å². The average Bonchev–Trinajstić information content (AvgIpc) is 2.73. The van der Waals surface area contributed by atoms with Gasteiger partial charge in [-0.2, -0.15) is 0 Å². The van der Waals surface area contributed by atoms with Crippen LogP contribution in [0.4, 0.5) is 11.6 Å². The lowest BCUT2D eigenvalue weighted by atomic mass is 9.94. The first-order valence-corrected chi connectivity index (χ1v) is 7.27. The Balaban J connectivity index is 1.80. The summed E-state index contributed by atoms with van der Waals surface area (Å²) < 4.78 is 7.46. The molecule has 21 heavy (non-hydrogen) atoms. The van der Waals surface area contributed by atoms with Gasteiger partial charge in [0.25, 0.3) is 0 Å². The first-order valence-electron chi connectivity index (χ1n) is 7.27. The fourth-order valence-corrected chi connectivity index (χ4v) is 2.57. The van der Waals surface area contributed by atoms with Crippen LogP contribution in [0.25, 0.3) is 0 Å². The van der Waals surface area contributed by atoms with E-state index in [4.69, 9.17) is 10.5 Å². The van der Waals surface area contributed by atoms with Crippen molar-refractivity contribution in [1.29, 1.82) is 0 Å². The van der Waals surface area contributed by atoms with E-state index in [1.807, 2.05) is 0 Å². The summed E-state index contributed by atoms with van der Waals surface area (Å²) >= 11 is 0. The van der Waals surface area contributed by atoms with E-state index < -0.39 is 4.92 Å². The van der Waals surface area contributed by atoms with Gasteiger partial charge in [0.05, 0.1) is 12.7 Å². The van der Waals surface area contributed by atoms with Crippen LogP contribution in [0, 0.1) is 17.0 Å². The highest BCUT2D eigenvalue weighted by Gasteiger charge is 2.23. The number of nitrogens with two attached hydrogens (primary N) is 1. The minimum absolute atomic E-state index is 0.140. The third-order valence-corrected chi connectivity index (χ3v) is 3.94. The summed E-state index contributed by atoms with van der Waals surface area (Å²) in [6.07, 6.45) is 4.25. The molecule has 0 unspecified atom stereocenters. The number of anilines is 1. The number of aryl methyl sites for hydroxylation is 1. The molecular weight excluding hydrogens is 274 g/mol. The number of rotatable bonds is 6. The Labute approximate surface area is 123 Å². The second-order valence-electron chi connectivity index (χ2n) is 5.48. The van der Waals surface area contributed by atoms with Crippen LogP contribution in [0.1, 0.15) is 31.5 Å². The van der Waals surface area contributed by atoms with Gasteiger partial charge in [-0.15, -0.1) is 0 Å². The molecule has 0 radical (unpaired) electrons.